The van der Waals surface area contributed by atoms with Crippen molar-refractivity contribution in [2.45, 2.75) is 37.8 Å². The van der Waals surface area contributed by atoms with E-state index in [-0.39, 0.29) is 38.3 Å². The highest BCUT2D eigenvalue weighted by molar-refractivity contribution is 5.93. The van der Waals surface area contributed by atoms with Crippen LogP contribution in [0.15, 0.2) is 4.99 Å². The zero-order chi connectivity index (χ0) is 22.4. The SMILES string of the molecule is NCC(=O)NC(CCCN=C(N)N)C(=O)NC(CCC(N)=O)C(=O)NCC(=O)O. The summed E-state index contributed by atoms with van der Waals surface area (Å²) in [6, 6.07) is -2.28. The fourth-order valence-corrected chi connectivity index (χ4v) is 2.14. The van der Waals surface area contributed by atoms with Gasteiger partial charge in [0.1, 0.15) is 18.6 Å². The number of aliphatic imine (C=N–C) groups is 1. The predicted molar refractivity (Wildman–Crippen MR) is 102 cm³/mol. The van der Waals surface area contributed by atoms with Crippen molar-refractivity contribution < 1.29 is 29.1 Å². The highest BCUT2D eigenvalue weighted by Crippen LogP contribution is 2.03. The van der Waals surface area contributed by atoms with Crippen LogP contribution in [0, 0.1) is 0 Å². The number of primary amides is 1. The Bertz CT molecular complexity index is 634. The second kappa shape index (κ2) is 13.7. The van der Waals surface area contributed by atoms with E-state index in [1.807, 2.05) is 0 Å². The number of nitrogens with zero attached hydrogens (tertiary/aromatic N) is 1. The van der Waals surface area contributed by atoms with Crippen LogP contribution in [0.4, 0.5) is 0 Å². The van der Waals surface area contributed by atoms with Crippen molar-refractivity contribution in [2.24, 2.45) is 27.9 Å². The minimum atomic E-state index is -1.29. The van der Waals surface area contributed by atoms with E-state index in [0.717, 1.165) is 0 Å². The number of rotatable bonds is 14. The van der Waals surface area contributed by atoms with Crippen molar-refractivity contribution in [1.29, 1.82) is 0 Å². The van der Waals surface area contributed by atoms with Gasteiger partial charge in [0.25, 0.3) is 0 Å². The van der Waals surface area contributed by atoms with Gasteiger partial charge in [0.15, 0.2) is 5.96 Å². The molecule has 0 aromatic rings. The van der Waals surface area contributed by atoms with E-state index in [1.165, 1.54) is 0 Å². The zero-order valence-electron chi connectivity index (χ0n) is 15.8. The first-order valence-electron chi connectivity index (χ1n) is 8.69. The van der Waals surface area contributed by atoms with E-state index >= 15 is 0 Å². The van der Waals surface area contributed by atoms with Crippen molar-refractivity contribution in [3.8, 4) is 0 Å². The molecule has 12 N–H and O–H groups in total. The summed E-state index contributed by atoms with van der Waals surface area (Å²) in [6.07, 6.45) is 0.0828. The van der Waals surface area contributed by atoms with Gasteiger partial charge < -0.3 is 44.0 Å². The molecule has 0 saturated carbocycles. The van der Waals surface area contributed by atoms with Crippen LogP contribution in [0.5, 0.6) is 0 Å². The fourth-order valence-electron chi connectivity index (χ4n) is 2.14. The largest absolute Gasteiger partial charge is 0.480 e. The first-order valence-corrected chi connectivity index (χ1v) is 8.69. The molecule has 0 aliphatic rings. The Balaban J connectivity index is 5.14. The minimum absolute atomic E-state index is 0.126. The van der Waals surface area contributed by atoms with Crippen LogP contribution in [0.25, 0.3) is 0 Å². The molecule has 0 heterocycles. The lowest BCUT2D eigenvalue weighted by Gasteiger charge is -2.22. The summed E-state index contributed by atoms with van der Waals surface area (Å²) in [7, 11) is 0. The van der Waals surface area contributed by atoms with Crippen molar-refractivity contribution in [2.75, 3.05) is 19.6 Å². The molecule has 2 atom stereocenters. The number of hydrogen-bond donors (Lipinski definition) is 8. The molecule has 4 amide bonds. The maximum Gasteiger partial charge on any atom is 0.322 e. The average molecular weight is 416 g/mol. The minimum Gasteiger partial charge on any atom is -0.480 e. The summed E-state index contributed by atoms with van der Waals surface area (Å²) in [5, 5.41) is 15.6. The van der Waals surface area contributed by atoms with Gasteiger partial charge >= 0.3 is 5.97 Å². The summed E-state index contributed by atoms with van der Waals surface area (Å²) < 4.78 is 0. The van der Waals surface area contributed by atoms with E-state index in [0.29, 0.717) is 6.42 Å². The maximum atomic E-state index is 12.6. The molecular formula is C15H28N8O6. The topological polar surface area (TPSA) is 258 Å². The molecule has 0 aliphatic carbocycles. The predicted octanol–water partition coefficient (Wildman–Crippen LogP) is -4.57. The summed E-state index contributed by atoms with van der Waals surface area (Å²) in [6.45, 7) is -0.829. The number of carbonyl (C=O) groups is 5. The Labute approximate surface area is 166 Å². The molecule has 29 heavy (non-hydrogen) atoms. The molecular weight excluding hydrogens is 388 g/mol. The molecule has 14 heteroatoms. The highest BCUT2D eigenvalue weighted by atomic mass is 16.4. The normalized spacial score (nSPS) is 12.2. The Morgan fingerprint density at radius 2 is 1.55 bits per heavy atom. The molecule has 14 nitrogen and oxygen atoms in total. The number of guanidine groups is 1. The van der Waals surface area contributed by atoms with Crippen molar-refractivity contribution >= 4 is 35.6 Å². The van der Waals surface area contributed by atoms with Gasteiger partial charge in [-0.2, -0.15) is 0 Å². The number of aliphatic carboxylic acids is 1. The van der Waals surface area contributed by atoms with Crippen LogP contribution in [0.1, 0.15) is 25.7 Å². The van der Waals surface area contributed by atoms with Crippen LogP contribution in [-0.4, -0.2) is 72.4 Å². The van der Waals surface area contributed by atoms with Crippen molar-refractivity contribution in [1.82, 2.24) is 16.0 Å². The molecule has 0 spiro atoms. The lowest BCUT2D eigenvalue weighted by molar-refractivity contribution is -0.138. The van der Waals surface area contributed by atoms with Crippen LogP contribution in [0.3, 0.4) is 0 Å². The Morgan fingerprint density at radius 3 is 2.07 bits per heavy atom. The second-order valence-corrected chi connectivity index (χ2v) is 5.95. The van der Waals surface area contributed by atoms with Crippen molar-refractivity contribution in [3.05, 3.63) is 0 Å². The van der Waals surface area contributed by atoms with Gasteiger partial charge in [0, 0.05) is 13.0 Å². The standard InChI is InChI=1S/C15H28N8O6/c16-6-11(25)22-8(2-1-5-20-15(18)19)14(29)23-9(3-4-10(17)24)13(28)21-7-12(26)27/h8-9H,1-7,16H2,(H2,17,24)(H,21,28)(H,22,25)(H,23,29)(H,26,27)(H4,18,19,20). The number of amides is 4. The molecule has 0 saturated heterocycles. The number of hydrogen-bond acceptors (Lipinski definition) is 7. The number of carbonyl (C=O) groups excluding carboxylic acids is 4. The van der Waals surface area contributed by atoms with Crippen LogP contribution in [0.2, 0.25) is 0 Å². The molecule has 0 bridgehead atoms. The van der Waals surface area contributed by atoms with Gasteiger partial charge in [-0.1, -0.05) is 0 Å². The first-order chi connectivity index (χ1) is 13.6. The fraction of sp³-hybridized carbons (Fsp3) is 0.600. The van der Waals surface area contributed by atoms with E-state index in [1.54, 1.807) is 0 Å². The van der Waals surface area contributed by atoms with Crippen molar-refractivity contribution in [3.63, 3.8) is 0 Å². The lowest BCUT2D eigenvalue weighted by Crippen LogP contribution is -2.55. The third-order valence-electron chi connectivity index (χ3n) is 3.51. The number of nitrogens with two attached hydrogens (primary N) is 4. The van der Waals surface area contributed by atoms with Gasteiger partial charge in [0.2, 0.25) is 23.6 Å². The lowest BCUT2D eigenvalue weighted by atomic mass is 10.1. The Morgan fingerprint density at radius 1 is 0.931 bits per heavy atom. The number of nitrogens with one attached hydrogen (secondary N) is 3. The molecule has 0 radical (unpaired) electrons. The third-order valence-corrected chi connectivity index (χ3v) is 3.51. The van der Waals surface area contributed by atoms with Gasteiger partial charge in [-0.15, -0.1) is 0 Å². The molecule has 2 unspecified atom stereocenters. The monoisotopic (exact) mass is 416 g/mol. The molecule has 0 aromatic heterocycles. The van der Waals surface area contributed by atoms with Gasteiger partial charge in [-0.25, -0.2) is 0 Å². The number of carboxylic acids is 1. The molecule has 0 aliphatic heterocycles. The molecule has 0 aromatic carbocycles. The van der Waals surface area contributed by atoms with Gasteiger partial charge in [-0.05, 0) is 19.3 Å². The first kappa shape index (κ1) is 25.6. The Kier molecular flexibility index (Phi) is 12.1. The van der Waals surface area contributed by atoms with E-state index in [4.69, 9.17) is 28.0 Å². The van der Waals surface area contributed by atoms with Crippen LogP contribution >= 0.6 is 0 Å². The zero-order valence-corrected chi connectivity index (χ0v) is 15.8. The van der Waals surface area contributed by atoms with E-state index < -0.39 is 48.2 Å². The Hall–Kier alpha value is -3.42. The highest BCUT2D eigenvalue weighted by Gasteiger charge is 2.26. The molecule has 164 valence electrons. The smallest absolute Gasteiger partial charge is 0.322 e. The second-order valence-electron chi connectivity index (χ2n) is 5.95. The molecule has 0 rings (SSSR count). The van der Waals surface area contributed by atoms with E-state index in [9.17, 15) is 24.0 Å². The summed E-state index contributed by atoms with van der Waals surface area (Å²) in [5.41, 5.74) is 20.7. The maximum absolute atomic E-state index is 12.6. The van der Waals surface area contributed by atoms with Gasteiger partial charge in [0.05, 0.1) is 6.54 Å². The van der Waals surface area contributed by atoms with E-state index in [2.05, 4.69) is 20.9 Å². The summed E-state index contributed by atoms with van der Waals surface area (Å²) in [4.78, 5) is 61.7. The third kappa shape index (κ3) is 12.6. The van der Waals surface area contributed by atoms with Gasteiger partial charge in [-0.3, -0.25) is 29.0 Å². The van der Waals surface area contributed by atoms with Crippen LogP contribution in [-0.2, 0) is 24.0 Å². The quantitative estimate of drug-likeness (QED) is 0.0768. The summed E-state index contributed by atoms with van der Waals surface area (Å²) in [5.74, 6) is -4.26. The number of carboxylic acid groups (broad SMARTS) is 1. The average Bonchev–Trinajstić information content (AvgIpc) is 2.64. The molecule has 0 fully saturated rings. The van der Waals surface area contributed by atoms with Crippen LogP contribution < -0.4 is 38.9 Å². The summed E-state index contributed by atoms with van der Waals surface area (Å²) >= 11 is 0.